The van der Waals surface area contributed by atoms with Crippen molar-refractivity contribution >= 4 is 0 Å². The van der Waals surface area contributed by atoms with E-state index in [1.807, 2.05) is 30.3 Å². The summed E-state index contributed by atoms with van der Waals surface area (Å²) in [6, 6.07) is 9.72. The molecule has 0 aliphatic heterocycles. The lowest BCUT2D eigenvalue weighted by molar-refractivity contribution is 0.117. The van der Waals surface area contributed by atoms with E-state index in [4.69, 9.17) is 9.26 Å². The monoisotopic (exact) mass is 271 g/mol. The quantitative estimate of drug-likeness (QED) is 0.872. The van der Waals surface area contributed by atoms with Crippen LogP contribution in [0.15, 0.2) is 34.9 Å². The first-order chi connectivity index (χ1) is 9.50. The van der Waals surface area contributed by atoms with Gasteiger partial charge >= 0.3 is 0 Å². The molecule has 0 saturated heterocycles. The molecule has 20 heavy (non-hydrogen) atoms. The van der Waals surface area contributed by atoms with Gasteiger partial charge in [-0.05, 0) is 32.3 Å². The van der Waals surface area contributed by atoms with Gasteiger partial charge in [0.25, 0.3) is 0 Å². The highest BCUT2D eigenvalue weighted by atomic mass is 16.5. The number of nitrogens with zero attached hydrogens (tertiary/aromatic N) is 1. The summed E-state index contributed by atoms with van der Waals surface area (Å²) >= 11 is 0. The molecule has 0 saturated carbocycles. The van der Waals surface area contributed by atoms with Crippen molar-refractivity contribution < 1.29 is 14.4 Å². The average Bonchev–Trinajstić information content (AvgIpc) is 2.76. The molecule has 1 aromatic carbocycles. The standard InChI is InChI=1S/C16H17NO3/c1-12-15(13(2)20-17-12)16(3,18)9-10-19-11-14-7-5-4-6-8-14/h4-8,18H,11H2,1-3H3. The molecule has 0 fully saturated rings. The third-order valence-electron chi connectivity index (χ3n) is 2.97. The Hall–Kier alpha value is -2.25. The van der Waals surface area contributed by atoms with E-state index in [0.717, 1.165) is 5.56 Å². The fraction of sp³-hybridized carbons (Fsp3) is 0.312. The predicted octanol–water partition coefficient (Wildman–Crippen LogP) is 2.68. The minimum Gasteiger partial charge on any atom is -0.442 e. The molecule has 0 bridgehead atoms. The Balaban J connectivity index is 2.04. The van der Waals surface area contributed by atoms with Crippen molar-refractivity contribution in [2.75, 3.05) is 0 Å². The minimum absolute atomic E-state index is 0.380. The highest BCUT2D eigenvalue weighted by Crippen LogP contribution is 2.26. The first-order valence-corrected chi connectivity index (χ1v) is 6.34. The van der Waals surface area contributed by atoms with Crippen molar-refractivity contribution in [1.82, 2.24) is 5.16 Å². The maximum absolute atomic E-state index is 10.4. The first kappa shape index (κ1) is 14.2. The molecule has 0 radical (unpaired) electrons. The second kappa shape index (κ2) is 5.81. The zero-order valence-corrected chi connectivity index (χ0v) is 11.8. The normalized spacial score (nSPS) is 13.2. The molecule has 1 unspecified atom stereocenters. The Morgan fingerprint density at radius 3 is 2.60 bits per heavy atom. The van der Waals surface area contributed by atoms with Gasteiger partial charge in [0.15, 0.2) is 5.60 Å². The van der Waals surface area contributed by atoms with Crippen molar-refractivity contribution in [3.05, 3.63) is 52.9 Å². The molecule has 1 N–H and O–H groups in total. The number of hydrogen-bond donors (Lipinski definition) is 1. The topological polar surface area (TPSA) is 55.5 Å². The van der Waals surface area contributed by atoms with Gasteiger partial charge in [-0.1, -0.05) is 35.5 Å². The summed E-state index contributed by atoms with van der Waals surface area (Å²) in [4.78, 5) is 0. The number of hydrogen-bond acceptors (Lipinski definition) is 4. The number of aliphatic hydroxyl groups is 1. The lowest BCUT2D eigenvalue weighted by atomic mass is 9.95. The zero-order valence-electron chi connectivity index (χ0n) is 11.8. The van der Waals surface area contributed by atoms with E-state index in [1.54, 1.807) is 20.8 Å². The van der Waals surface area contributed by atoms with Crippen molar-refractivity contribution in [3.8, 4) is 12.0 Å². The molecule has 1 aromatic heterocycles. The molecule has 2 rings (SSSR count). The number of ether oxygens (including phenoxy) is 1. The van der Waals surface area contributed by atoms with E-state index < -0.39 is 5.60 Å². The number of benzene rings is 1. The molecule has 0 spiro atoms. The third kappa shape index (κ3) is 3.19. The molecule has 1 atom stereocenters. The van der Waals surface area contributed by atoms with Crippen LogP contribution in [0, 0.1) is 25.9 Å². The van der Waals surface area contributed by atoms with Crippen LogP contribution in [-0.4, -0.2) is 10.3 Å². The van der Waals surface area contributed by atoms with Crippen LogP contribution >= 0.6 is 0 Å². The SMILES string of the molecule is Cc1noc(C)c1C(C)(O)C#COCc1ccccc1. The number of rotatable bonds is 3. The smallest absolute Gasteiger partial charge is 0.156 e. The summed E-state index contributed by atoms with van der Waals surface area (Å²) < 4.78 is 10.3. The molecular formula is C16H17NO3. The Labute approximate surface area is 118 Å². The number of aryl methyl sites for hydroxylation is 2. The van der Waals surface area contributed by atoms with Crippen LogP contribution in [0.2, 0.25) is 0 Å². The summed E-state index contributed by atoms with van der Waals surface area (Å²) in [5.74, 6) is 3.26. The largest absolute Gasteiger partial charge is 0.442 e. The highest BCUT2D eigenvalue weighted by Gasteiger charge is 2.28. The van der Waals surface area contributed by atoms with Crippen LogP contribution < -0.4 is 0 Å². The molecule has 0 aliphatic carbocycles. The maximum atomic E-state index is 10.4. The molecule has 0 amide bonds. The van der Waals surface area contributed by atoms with E-state index in [9.17, 15) is 5.11 Å². The molecule has 4 nitrogen and oxygen atoms in total. The Kier molecular flexibility index (Phi) is 4.11. The van der Waals surface area contributed by atoms with Crippen LogP contribution in [0.4, 0.5) is 0 Å². The van der Waals surface area contributed by atoms with Gasteiger partial charge in [0.05, 0.1) is 11.3 Å². The van der Waals surface area contributed by atoms with E-state index >= 15 is 0 Å². The lowest BCUT2D eigenvalue weighted by Gasteiger charge is -2.15. The Morgan fingerprint density at radius 2 is 2.00 bits per heavy atom. The second-order valence-electron chi connectivity index (χ2n) is 4.77. The summed E-state index contributed by atoms with van der Waals surface area (Å²) in [7, 11) is 0. The van der Waals surface area contributed by atoms with Crippen molar-refractivity contribution in [2.45, 2.75) is 33.0 Å². The lowest BCUT2D eigenvalue weighted by Crippen LogP contribution is -2.20. The van der Waals surface area contributed by atoms with E-state index in [-0.39, 0.29) is 0 Å². The summed E-state index contributed by atoms with van der Waals surface area (Å²) in [5, 5.41) is 14.2. The maximum Gasteiger partial charge on any atom is 0.156 e. The fourth-order valence-corrected chi connectivity index (χ4v) is 2.07. The van der Waals surface area contributed by atoms with Gasteiger partial charge in [-0.3, -0.25) is 0 Å². The van der Waals surface area contributed by atoms with Crippen molar-refractivity contribution in [2.24, 2.45) is 0 Å². The summed E-state index contributed by atoms with van der Waals surface area (Å²) in [5.41, 5.74) is 0.905. The van der Waals surface area contributed by atoms with Gasteiger partial charge in [0.1, 0.15) is 18.5 Å². The van der Waals surface area contributed by atoms with Gasteiger partial charge in [-0.25, -0.2) is 0 Å². The molecule has 0 aliphatic rings. The predicted molar refractivity (Wildman–Crippen MR) is 74.6 cm³/mol. The van der Waals surface area contributed by atoms with Crippen LogP contribution in [0.1, 0.15) is 29.5 Å². The summed E-state index contributed by atoms with van der Waals surface area (Å²) in [6.07, 6.45) is 2.55. The molecule has 1 heterocycles. The van der Waals surface area contributed by atoms with Crippen LogP contribution in [0.25, 0.3) is 0 Å². The second-order valence-corrected chi connectivity index (χ2v) is 4.77. The van der Waals surface area contributed by atoms with Crippen LogP contribution in [0.5, 0.6) is 0 Å². The Morgan fingerprint density at radius 1 is 1.30 bits per heavy atom. The van der Waals surface area contributed by atoms with Crippen LogP contribution in [0.3, 0.4) is 0 Å². The van der Waals surface area contributed by atoms with Gasteiger partial charge in [0.2, 0.25) is 0 Å². The Bertz CT molecular complexity index is 613. The van der Waals surface area contributed by atoms with Crippen LogP contribution in [-0.2, 0) is 16.9 Å². The number of aromatic nitrogens is 1. The van der Waals surface area contributed by atoms with Gasteiger partial charge in [-0.15, -0.1) is 0 Å². The summed E-state index contributed by atoms with van der Waals surface area (Å²) in [6.45, 7) is 5.49. The van der Waals surface area contributed by atoms with E-state index in [0.29, 0.717) is 23.6 Å². The molecule has 104 valence electrons. The van der Waals surface area contributed by atoms with Gasteiger partial charge < -0.3 is 14.4 Å². The molecular weight excluding hydrogens is 254 g/mol. The van der Waals surface area contributed by atoms with Crippen molar-refractivity contribution in [1.29, 1.82) is 0 Å². The average molecular weight is 271 g/mol. The molecule has 4 heteroatoms. The van der Waals surface area contributed by atoms with E-state index in [2.05, 4.69) is 17.2 Å². The van der Waals surface area contributed by atoms with Gasteiger partial charge in [-0.2, -0.15) is 0 Å². The minimum atomic E-state index is -1.34. The first-order valence-electron chi connectivity index (χ1n) is 6.34. The van der Waals surface area contributed by atoms with Crippen molar-refractivity contribution in [3.63, 3.8) is 0 Å². The molecule has 2 aromatic rings. The fourth-order valence-electron chi connectivity index (χ4n) is 2.07. The third-order valence-corrected chi connectivity index (χ3v) is 2.97. The zero-order chi connectivity index (χ0) is 14.6. The highest BCUT2D eigenvalue weighted by molar-refractivity contribution is 5.34. The van der Waals surface area contributed by atoms with Gasteiger partial charge in [0, 0.05) is 0 Å². The van der Waals surface area contributed by atoms with E-state index in [1.165, 1.54) is 0 Å².